The molecule has 1 amide bonds. The first-order chi connectivity index (χ1) is 11.7. The second-order valence-corrected chi connectivity index (χ2v) is 6.51. The third kappa shape index (κ3) is 3.85. The van der Waals surface area contributed by atoms with E-state index in [1.165, 1.54) is 0 Å². The maximum absolute atomic E-state index is 12.5. The molecule has 1 aromatic carbocycles. The Labute approximate surface area is 142 Å². The van der Waals surface area contributed by atoms with Gasteiger partial charge in [0.15, 0.2) is 11.7 Å². The first kappa shape index (κ1) is 16.7. The molecule has 0 radical (unpaired) electrons. The van der Waals surface area contributed by atoms with E-state index in [9.17, 15) is 9.90 Å². The lowest BCUT2D eigenvalue weighted by atomic mass is 9.94. The van der Waals surface area contributed by atoms with Crippen molar-refractivity contribution < 1.29 is 14.3 Å². The fraction of sp³-hybridized carbons (Fsp3) is 0.474. The van der Waals surface area contributed by atoms with Gasteiger partial charge in [-0.15, -0.1) is 0 Å². The van der Waals surface area contributed by atoms with Crippen molar-refractivity contribution in [3.05, 3.63) is 42.4 Å². The minimum absolute atomic E-state index is 0.111. The van der Waals surface area contributed by atoms with E-state index >= 15 is 0 Å². The summed E-state index contributed by atoms with van der Waals surface area (Å²) in [6.07, 6.45) is 4.53. The number of carbonyl (C=O) groups is 1. The SMILES string of the molecule is CC1CCC(CO)CN1C(=O)CCc1ncc(-c2ccccc2)o1. The first-order valence-electron chi connectivity index (χ1n) is 8.58. The number of nitrogens with zero attached hydrogens (tertiary/aromatic N) is 2. The number of aryl methyl sites for hydroxylation is 1. The van der Waals surface area contributed by atoms with Crippen molar-refractivity contribution in [2.45, 2.75) is 38.6 Å². The molecule has 1 aliphatic heterocycles. The summed E-state index contributed by atoms with van der Waals surface area (Å²) in [7, 11) is 0. The molecule has 0 saturated carbocycles. The van der Waals surface area contributed by atoms with Crippen LogP contribution < -0.4 is 0 Å². The van der Waals surface area contributed by atoms with Crippen LogP contribution in [0.3, 0.4) is 0 Å². The molecule has 24 heavy (non-hydrogen) atoms. The van der Waals surface area contributed by atoms with Crippen LogP contribution in [0.1, 0.15) is 32.1 Å². The number of hydrogen-bond donors (Lipinski definition) is 1. The molecule has 128 valence electrons. The fourth-order valence-electron chi connectivity index (χ4n) is 3.20. The maximum Gasteiger partial charge on any atom is 0.223 e. The van der Waals surface area contributed by atoms with Gasteiger partial charge in [0.05, 0.1) is 6.20 Å². The molecule has 1 aromatic heterocycles. The van der Waals surface area contributed by atoms with Crippen molar-refractivity contribution in [3.63, 3.8) is 0 Å². The largest absolute Gasteiger partial charge is 0.441 e. The number of carbonyl (C=O) groups excluding carboxylic acids is 1. The van der Waals surface area contributed by atoms with Crippen LogP contribution in [0.15, 0.2) is 40.9 Å². The van der Waals surface area contributed by atoms with Crippen LogP contribution >= 0.6 is 0 Å². The monoisotopic (exact) mass is 328 g/mol. The normalized spacial score (nSPS) is 21.0. The van der Waals surface area contributed by atoms with Crippen molar-refractivity contribution >= 4 is 5.91 Å². The molecule has 0 aliphatic carbocycles. The van der Waals surface area contributed by atoms with Crippen LogP contribution in [0.25, 0.3) is 11.3 Å². The lowest BCUT2D eigenvalue weighted by Crippen LogP contribution is -2.46. The summed E-state index contributed by atoms with van der Waals surface area (Å²) in [5.74, 6) is 1.63. The molecule has 2 atom stereocenters. The van der Waals surface area contributed by atoms with Gasteiger partial charge in [0, 0.05) is 37.6 Å². The van der Waals surface area contributed by atoms with Gasteiger partial charge in [-0.2, -0.15) is 0 Å². The van der Waals surface area contributed by atoms with Crippen LogP contribution in [0.2, 0.25) is 0 Å². The molecule has 5 nitrogen and oxygen atoms in total. The van der Waals surface area contributed by atoms with Gasteiger partial charge in [-0.3, -0.25) is 4.79 Å². The van der Waals surface area contributed by atoms with E-state index in [2.05, 4.69) is 11.9 Å². The van der Waals surface area contributed by atoms with Crippen molar-refractivity contribution in [2.24, 2.45) is 5.92 Å². The number of aliphatic hydroxyl groups is 1. The third-order valence-electron chi connectivity index (χ3n) is 4.72. The summed E-state index contributed by atoms with van der Waals surface area (Å²) in [5, 5.41) is 9.33. The van der Waals surface area contributed by atoms with E-state index in [0.29, 0.717) is 25.3 Å². The summed E-state index contributed by atoms with van der Waals surface area (Å²) in [5.41, 5.74) is 0.984. The molecule has 0 spiro atoms. The number of rotatable bonds is 5. The molecule has 3 rings (SSSR count). The molecule has 0 bridgehead atoms. The Morgan fingerprint density at radius 2 is 2.12 bits per heavy atom. The molecular weight excluding hydrogens is 304 g/mol. The van der Waals surface area contributed by atoms with Crippen LogP contribution in [0.5, 0.6) is 0 Å². The highest BCUT2D eigenvalue weighted by Gasteiger charge is 2.28. The van der Waals surface area contributed by atoms with E-state index in [1.54, 1.807) is 6.20 Å². The van der Waals surface area contributed by atoms with Gasteiger partial charge >= 0.3 is 0 Å². The zero-order chi connectivity index (χ0) is 16.9. The summed E-state index contributed by atoms with van der Waals surface area (Å²) in [4.78, 5) is 18.7. The highest BCUT2D eigenvalue weighted by molar-refractivity contribution is 5.76. The minimum atomic E-state index is 0.111. The Morgan fingerprint density at radius 3 is 2.88 bits per heavy atom. The second-order valence-electron chi connectivity index (χ2n) is 6.51. The molecule has 2 unspecified atom stereocenters. The van der Waals surface area contributed by atoms with Gasteiger partial charge in [-0.1, -0.05) is 30.3 Å². The van der Waals surface area contributed by atoms with Gasteiger partial charge in [0.1, 0.15) is 0 Å². The van der Waals surface area contributed by atoms with Crippen molar-refractivity contribution in [1.29, 1.82) is 0 Å². The second kappa shape index (κ2) is 7.62. The Kier molecular flexibility index (Phi) is 5.30. The minimum Gasteiger partial charge on any atom is -0.441 e. The molecule has 1 aliphatic rings. The zero-order valence-electron chi connectivity index (χ0n) is 14.0. The van der Waals surface area contributed by atoms with Gasteiger partial charge in [-0.05, 0) is 25.7 Å². The topological polar surface area (TPSA) is 66.6 Å². The number of aromatic nitrogens is 1. The standard InChI is InChI=1S/C19H24N2O3/c1-14-7-8-15(13-22)12-21(14)19(23)10-9-18-20-11-17(24-18)16-5-3-2-4-6-16/h2-6,11,14-15,22H,7-10,12-13H2,1H3. The number of hydrogen-bond acceptors (Lipinski definition) is 4. The van der Waals surface area contributed by atoms with Crippen LogP contribution in [0.4, 0.5) is 0 Å². The van der Waals surface area contributed by atoms with Crippen LogP contribution in [-0.4, -0.2) is 40.1 Å². The molecule has 5 heteroatoms. The fourth-order valence-corrected chi connectivity index (χ4v) is 3.20. The quantitative estimate of drug-likeness (QED) is 0.916. The zero-order valence-corrected chi connectivity index (χ0v) is 14.0. The number of benzene rings is 1. The number of amides is 1. The Hall–Kier alpha value is -2.14. The first-order valence-corrected chi connectivity index (χ1v) is 8.58. The number of likely N-dealkylation sites (tertiary alicyclic amines) is 1. The van der Waals surface area contributed by atoms with Gasteiger partial charge in [0.2, 0.25) is 5.91 Å². The summed E-state index contributed by atoms with van der Waals surface area (Å²) >= 11 is 0. The van der Waals surface area contributed by atoms with Crippen molar-refractivity contribution in [2.75, 3.05) is 13.2 Å². The van der Waals surface area contributed by atoms with Crippen molar-refractivity contribution in [1.82, 2.24) is 9.88 Å². The molecule has 1 N–H and O–H groups in total. The van der Waals surface area contributed by atoms with E-state index < -0.39 is 0 Å². The van der Waals surface area contributed by atoms with E-state index in [-0.39, 0.29) is 24.5 Å². The predicted octanol–water partition coefficient (Wildman–Crippen LogP) is 2.89. The smallest absolute Gasteiger partial charge is 0.223 e. The highest BCUT2D eigenvalue weighted by Crippen LogP contribution is 2.23. The maximum atomic E-state index is 12.5. The average molecular weight is 328 g/mol. The van der Waals surface area contributed by atoms with Gasteiger partial charge in [-0.25, -0.2) is 4.98 Å². The summed E-state index contributed by atoms with van der Waals surface area (Å²) < 4.78 is 5.75. The lowest BCUT2D eigenvalue weighted by Gasteiger charge is -2.37. The Morgan fingerprint density at radius 1 is 1.33 bits per heavy atom. The van der Waals surface area contributed by atoms with Gasteiger partial charge in [0.25, 0.3) is 0 Å². The van der Waals surface area contributed by atoms with E-state index in [0.717, 1.165) is 24.2 Å². The predicted molar refractivity (Wildman–Crippen MR) is 91.2 cm³/mol. The molecule has 1 saturated heterocycles. The van der Waals surface area contributed by atoms with Crippen LogP contribution in [-0.2, 0) is 11.2 Å². The number of aliphatic hydroxyl groups excluding tert-OH is 1. The van der Waals surface area contributed by atoms with Crippen molar-refractivity contribution in [3.8, 4) is 11.3 Å². The Bertz CT molecular complexity index is 668. The van der Waals surface area contributed by atoms with Gasteiger partial charge < -0.3 is 14.4 Å². The number of oxazole rings is 1. The third-order valence-corrected chi connectivity index (χ3v) is 4.72. The average Bonchev–Trinajstić information content (AvgIpc) is 3.10. The Balaban J connectivity index is 1.57. The van der Waals surface area contributed by atoms with E-state index in [1.807, 2.05) is 35.2 Å². The lowest BCUT2D eigenvalue weighted by molar-refractivity contribution is -0.136. The van der Waals surface area contributed by atoms with Crippen LogP contribution in [0, 0.1) is 5.92 Å². The molecule has 2 aromatic rings. The highest BCUT2D eigenvalue weighted by atomic mass is 16.4. The molecule has 2 heterocycles. The molecule has 1 fully saturated rings. The number of piperidine rings is 1. The van der Waals surface area contributed by atoms with E-state index in [4.69, 9.17) is 4.42 Å². The summed E-state index contributed by atoms with van der Waals surface area (Å²) in [6, 6.07) is 10.1. The summed E-state index contributed by atoms with van der Waals surface area (Å²) in [6.45, 7) is 2.87. The molecular formula is C19H24N2O3.